The second-order valence-corrected chi connectivity index (χ2v) is 5.88. The van der Waals surface area contributed by atoms with Crippen LogP contribution in [0.3, 0.4) is 0 Å². The highest BCUT2D eigenvalue weighted by Gasteiger charge is 2.19. The summed E-state index contributed by atoms with van der Waals surface area (Å²) in [6.07, 6.45) is 1.08. The monoisotopic (exact) mass is 251 g/mol. The minimum atomic E-state index is -3.19. The number of amides is 1. The van der Waals surface area contributed by atoms with Crippen molar-refractivity contribution in [1.29, 1.82) is 0 Å². The number of rotatable bonds is 7. The van der Waals surface area contributed by atoms with Gasteiger partial charge in [0.25, 0.3) is 0 Å². The molecule has 0 radical (unpaired) electrons. The number of carbonyl (C=O) groups is 1. The Morgan fingerprint density at radius 3 is 2.25 bits per heavy atom. The number of sulfonamides is 1. The molecule has 0 heterocycles. The first kappa shape index (κ1) is 15.3. The van der Waals surface area contributed by atoms with E-state index in [1.807, 2.05) is 13.8 Å². The second kappa shape index (κ2) is 6.82. The van der Waals surface area contributed by atoms with Crippen molar-refractivity contribution in [3.05, 3.63) is 0 Å². The first-order valence-corrected chi connectivity index (χ1v) is 7.09. The zero-order chi connectivity index (χ0) is 12.8. The van der Waals surface area contributed by atoms with Crippen LogP contribution < -0.4 is 15.8 Å². The van der Waals surface area contributed by atoms with Crippen LogP contribution in [0.15, 0.2) is 0 Å². The molecule has 1 atom stereocenters. The molecular formula is C9H21N3O3S. The number of hydrogen-bond donors (Lipinski definition) is 3. The molecule has 4 N–H and O–H groups in total. The molecule has 0 rings (SSSR count). The first-order valence-electron chi connectivity index (χ1n) is 5.20. The van der Waals surface area contributed by atoms with Crippen molar-refractivity contribution < 1.29 is 13.2 Å². The molecule has 0 saturated heterocycles. The highest BCUT2D eigenvalue weighted by Crippen LogP contribution is 2.08. The number of carbonyl (C=O) groups excluding carboxylic acids is 1. The van der Waals surface area contributed by atoms with Gasteiger partial charge in [-0.15, -0.1) is 0 Å². The predicted octanol–water partition coefficient (Wildman–Crippen LogP) is -1.12. The Hall–Kier alpha value is -0.660. The SMILES string of the molecule is CC(C)C(CN)C(=O)NCCNS(C)(=O)=O. The zero-order valence-electron chi connectivity index (χ0n) is 9.99. The van der Waals surface area contributed by atoms with Crippen LogP contribution in [0.4, 0.5) is 0 Å². The molecule has 0 saturated carbocycles. The van der Waals surface area contributed by atoms with Gasteiger partial charge in [-0.2, -0.15) is 0 Å². The maximum Gasteiger partial charge on any atom is 0.224 e. The molecule has 0 aliphatic rings. The molecule has 16 heavy (non-hydrogen) atoms. The van der Waals surface area contributed by atoms with E-state index in [1.54, 1.807) is 0 Å². The van der Waals surface area contributed by atoms with Crippen molar-refractivity contribution in [1.82, 2.24) is 10.0 Å². The summed E-state index contributed by atoms with van der Waals surface area (Å²) >= 11 is 0. The lowest BCUT2D eigenvalue weighted by atomic mass is 9.95. The van der Waals surface area contributed by atoms with Gasteiger partial charge in [-0.3, -0.25) is 4.79 Å². The van der Waals surface area contributed by atoms with E-state index in [9.17, 15) is 13.2 Å². The molecule has 1 unspecified atom stereocenters. The summed E-state index contributed by atoms with van der Waals surface area (Å²) in [6.45, 7) is 4.61. The molecule has 7 heteroatoms. The van der Waals surface area contributed by atoms with Crippen molar-refractivity contribution in [2.24, 2.45) is 17.6 Å². The summed E-state index contributed by atoms with van der Waals surface area (Å²) < 4.78 is 23.8. The Kier molecular flexibility index (Phi) is 6.54. The molecule has 6 nitrogen and oxygen atoms in total. The summed E-state index contributed by atoms with van der Waals surface area (Å²) in [5.74, 6) is -0.182. The van der Waals surface area contributed by atoms with Gasteiger partial charge in [0.05, 0.1) is 12.2 Å². The van der Waals surface area contributed by atoms with Gasteiger partial charge < -0.3 is 11.1 Å². The van der Waals surface area contributed by atoms with E-state index >= 15 is 0 Å². The first-order chi connectivity index (χ1) is 7.28. The molecule has 0 aromatic carbocycles. The van der Waals surface area contributed by atoms with Crippen molar-refractivity contribution in [3.63, 3.8) is 0 Å². The lowest BCUT2D eigenvalue weighted by molar-refractivity contribution is -0.125. The van der Waals surface area contributed by atoms with Gasteiger partial charge in [0.15, 0.2) is 0 Å². The van der Waals surface area contributed by atoms with E-state index in [4.69, 9.17) is 5.73 Å². The summed E-state index contributed by atoms with van der Waals surface area (Å²) in [6, 6.07) is 0. The Morgan fingerprint density at radius 2 is 1.88 bits per heavy atom. The van der Waals surface area contributed by atoms with Gasteiger partial charge in [-0.25, -0.2) is 13.1 Å². The average molecular weight is 251 g/mol. The Bertz CT molecular complexity index is 314. The minimum Gasteiger partial charge on any atom is -0.354 e. The number of nitrogens with two attached hydrogens (primary N) is 1. The fourth-order valence-electron chi connectivity index (χ4n) is 1.24. The van der Waals surface area contributed by atoms with E-state index in [1.165, 1.54) is 0 Å². The molecule has 0 bridgehead atoms. The maximum absolute atomic E-state index is 11.6. The van der Waals surface area contributed by atoms with Crippen molar-refractivity contribution in [2.45, 2.75) is 13.8 Å². The van der Waals surface area contributed by atoms with E-state index in [2.05, 4.69) is 10.0 Å². The fourth-order valence-corrected chi connectivity index (χ4v) is 1.71. The molecule has 0 aliphatic heterocycles. The largest absolute Gasteiger partial charge is 0.354 e. The lowest BCUT2D eigenvalue weighted by Gasteiger charge is -2.18. The summed E-state index contributed by atoms with van der Waals surface area (Å²) in [7, 11) is -3.19. The molecule has 0 aliphatic carbocycles. The van der Waals surface area contributed by atoms with Crippen LogP contribution in [0.2, 0.25) is 0 Å². The second-order valence-electron chi connectivity index (χ2n) is 4.04. The van der Waals surface area contributed by atoms with Gasteiger partial charge >= 0.3 is 0 Å². The summed E-state index contributed by atoms with van der Waals surface area (Å²) in [5, 5.41) is 2.64. The topological polar surface area (TPSA) is 101 Å². The molecule has 0 fully saturated rings. The van der Waals surface area contributed by atoms with Crippen LogP contribution in [0.5, 0.6) is 0 Å². The third kappa shape index (κ3) is 6.76. The Balaban J connectivity index is 3.89. The minimum absolute atomic E-state index is 0.132. The van der Waals surface area contributed by atoms with Crippen LogP contribution in [0, 0.1) is 11.8 Å². The van der Waals surface area contributed by atoms with Crippen molar-refractivity contribution >= 4 is 15.9 Å². The Morgan fingerprint density at radius 1 is 1.31 bits per heavy atom. The van der Waals surface area contributed by atoms with Gasteiger partial charge in [0, 0.05) is 19.6 Å². The van der Waals surface area contributed by atoms with E-state index in [-0.39, 0.29) is 30.8 Å². The molecule has 1 amide bonds. The highest BCUT2D eigenvalue weighted by molar-refractivity contribution is 7.88. The van der Waals surface area contributed by atoms with Crippen LogP contribution in [-0.2, 0) is 14.8 Å². The number of nitrogens with one attached hydrogen (secondary N) is 2. The Labute approximate surface area is 97.0 Å². The maximum atomic E-state index is 11.6. The number of hydrogen-bond acceptors (Lipinski definition) is 4. The van der Waals surface area contributed by atoms with Crippen molar-refractivity contribution in [2.75, 3.05) is 25.9 Å². The average Bonchev–Trinajstić information content (AvgIpc) is 2.11. The standard InChI is InChI=1S/C9H21N3O3S/c1-7(2)8(6-10)9(13)11-4-5-12-16(3,14)15/h7-8,12H,4-6,10H2,1-3H3,(H,11,13). The molecule has 0 aromatic rings. The van der Waals surface area contributed by atoms with E-state index < -0.39 is 10.0 Å². The van der Waals surface area contributed by atoms with Crippen LogP contribution >= 0.6 is 0 Å². The zero-order valence-corrected chi connectivity index (χ0v) is 10.8. The summed E-state index contributed by atoms with van der Waals surface area (Å²) in [5.41, 5.74) is 5.48. The smallest absolute Gasteiger partial charge is 0.224 e. The highest BCUT2D eigenvalue weighted by atomic mass is 32.2. The summed E-state index contributed by atoms with van der Waals surface area (Å²) in [4.78, 5) is 11.6. The molecule has 0 spiro atoms. The quantitative estimate of drug-likeness (QED) is 0.499. The third-order valence-electron chi connectivity index (χ3n) is 2.18. The van der Waals surface area contributed by atoms with Crippen LogP contribution in [0.25, 0.3) is 0 Å². The van der Waals surface area contributed by atoms with Gasteiger partial charge in [-0.1, -0.05) is 13.8 Å². The van der Waals surface area contributed by atoms with Gasteiger partial charge in [0.2, 0.25) is 15.9 Å². The molecule has 96 valence electrons. The molecular weight excluding hydrogens is 230 g/mol. The molecule has 0 aromatic heterocycles. The van der Waals surface area contributed by atoms with E-state index in [0.29, 0.717) is 6.54 Å². The van der Waals surface area contributed by atoms with Crippen LogP contribution in [-0.4, -0.2) is 40.2 Å². The third-order valence-corrected chi connectivity index (χ3v) is 2.91. The fraction of sp³-hybridized carbons (Fsp3) is 0.889. The van der Waals surface area contributed by atoms with E-state index in [0.717, 1.165) is 6.26 Å². The van der Waals surface area contributed by atoms with Crippen LogP contribution in [0.1, 0.15) is 13.8 Å². The van der Waals surface area contributed by atoms with Gasteiger partial charge in [0.1, 0.15) is 0 Å². The normalized spacial score (nSPS) is 13.8. The lowest BCUT2D eigenvalue weighted by Crippen LogP contribution is -2.41. The predicted molar refractivity (Wildman–Crippen MR) is 63.2 cm³/mol. The van der Waals surface area contributed by atoms with Gasteiger partial charge in [-0.05, 0) is 5.92 Å². The van der Waals surface area contributed by atoms with Crippen molar-refractivity contribution in [3.8, 4) is 0 Å².